The number of Topliss-reactive ketones (excluding diaryl/α,β-unsaturated/α-hetero) is 1. The average molecular weight is 585 g/mol. The average Bonchev–Trinajstić information content (AvgIpc) is 3.62. The number of ketones is 1. The van der Waals surface area contributed by atoms with Gasteiger partial charge in [-0.2, -0.15) is 0 Å². The molecule has 0 radical (unpaired) electrons. The van der Waals surface area contributed by atoms with Crippen molar-refractivity contribution in [1.82, 2.24) is 4.98 Å². The van der Waals surface area contributed by atoms with E-state index in [0.717, 1.165) is 32.7 Å². The van der Waals surface area contributed by atoms with E-state index in [1.165, 1.54) is 16.2 Å². The molecule has 6 rings (SSSR count). The van der Waals surface area contributed by atoms with E-state index >= 15 is 0 Å². The third-order valence-corrected chi connectivity index (χ3v) is 8.52. The van der Waals surface area contributed by atoms with Crippen LogP contribution in [0.1, 0.15) is 54.6 Å². The van der Waals surface area contributed by atoms with Crippen LogP contribution in [-0.2, 0) is 16.0 Å². The summed E-state index contributed by atoms with van der Waals surface area (Å²) in [6, 6.07) is 13.8. The SMILES string of the molecule is CCOc1ccc([C@H]2/C(=C(\O)c3ccc4c(c3)C[C@H](C)O4)C(=O)C(=O)N2c2nc3c(C)cc(C)cc3s2)cc1OCC. The van der Waals surface area contributed by atoms with Gasteiger partial charge in [-0.15, -0.1) is 0 Å². The first-order chi connectivity index (χ1) is 20.2. The molecule has 2 aliphatic heterocycles. The van der Waals surface area contributed by atoms with Gasteiger partial charge in [-0.1, -0.05) is 23.5 Å². The van der Waals surface area contributed by atoms with Gasteiger partial charge in [-0.05, 0) is 93.3 Å². The van der Waals surface area contributed by atoms with E-state index in [-0.39, 0.29) is 17.4 Å². The van der Waals surface area contributed by atoms with Crippen molar-refractivity contribution in [2.45, 2.75) is 53.2 Å². The monoisotopic (exact) mass is 584 g/mol. The minimum Gasteiger partial charge on any atom is -0.507 e. The third-order valence-electron chi connectivity index (χ3n) is 7.52. The third kappa shape index (κ3) is 4.67. The fraction of sp³-hybridized carbons (Fsp3) is 0.303. The van der Waals surface area contributed by atoms with Crippen LogP contribution in [0, 0.1) is 13.8 Å². The maximum absolute atomic E-state index is 13.8. The first-order valence-electron chi connectivity index (χ1n) is 14.1. The lowest BCUT2D eigenvalue weighted by atomic mass is 9.94. The first kappa shape index (κ1) is 27.8. The quantitative estimate of drug-likeness (QED) is 0.147. The molecule has 2 aliphatic rings. The van der Waals surface area contributed by atoms with Crippen molar-refractivity contribution >= 4 is 44.1 Å². The number of rotatable bonds is 7. The molecule has 3 heterocycles. The van der Waals surface area contributed by atoms with Gasteiger partial charge in [0.2, 0.25) is 0 Å². The fourth-order valence-corrected chi connectivity index (χ4v) is 6.94. The Balaban J connectivity index is 1.56. The Labute approximate surface area is 248 Å². The summed E-state index contributed by atoms with van der Waals surface area (Å²) in [7, 11) is 0. The predicted octanol–water partition coefficient (Wildman–Crippen LogP) is 6.66. The Morgan fingerprint density at radius 3 is 2.57 bits per heavy atom. The number of hydrogen-bond acceptors (Lipinski definition) is 8. The number of carbonyl (C=O) groups is 2. The second-order valence-electron chi connectivity index (χ2n) is 10.6. The van der Waals surface area contributed by atoms with Gasteiger partial charge in [0.15, 0.2) is 16.6 Å². The number of carbonyl (C=O) groups excluding carboxylic acids is 2. The van der Waals surface area contributed by atoms with Gasteiger partial charge in [-0.3, -0.25) is 14.5 Å². The summed E-state index contributed by atoms with van der Waals surface area (Å²) in [4.78, 5) is 33.8. The molecule has 0 spiro atoms. The molecule has 1 aromatic heterocycles. The molecule has 4 aromatic rings. The molecular formula is C33H32N2O6S. The molecule has 1 saturated heterocycles. The summed E-state index contributed by atoms with van der Waals surface area (Å²) in [5.41, 5.74) is 4.80. The van der Waals surface area contributed by atoms with Crippen molar-refractivity contribution in [3.63, 3.8) is 0 Å². The van der Waals surface area contributed by atoms with Crippen LogP contribution in [0.5, 0.6) is 17.2 Å². The molecule has 3 aromatic carbocycles. The van der Waals surface area contributed by atoms with Crippen molar-refractivity contribution in [3.8, 4) is 17.2 Å². The summed E-state index contributed by atoms with van der Waals surface area (Å²) in [6.45, 7) is 10.6. The molecule has 0 aliphatic carbocycles. The number of aromatic nitrogens is 1. The highest BCUT2D eigenvalue weighted by molar-refractivity contribution is 7.22. The number of amides is 1. The minimum atomic E-state index is -0.940. The maximum Gasteiger partial charge on any atom is 0.301 e. The summed E-state index contributed by atoms with van der Waals surface area (Å²) in [5, 5.41) is 12.1. The van der Waals surface area contributed by atoms with Crippen LogP contribution in [-0.4, -0.2) is 41.1 Å². The van der Waals surface area contributed by atoms with Crippen LogP contribution in [0.15, 0.2) is 54.1 Å². The summed E-state index contributed by atoms with van der Waals surface area (Å²) in [5.74, 6) is 0.0227. The van der Waals surface area contributed by atoms with Crippen molar-refractivity contribution in [1.29, 1.82) is 0 Å². The molecule has 9 heteroatoms. The Hall–Kier alpha value is -4.37. The van der Waals surface area contributed by atoms with Gasteiger partial charge in [0.05, 0.1) is 35.0 Å². The molecule has 1 amide bonds. The van der Waals surface area contributed by atoms with E-state index in [0.29, 0.717) is 47.4 Å². The lowest BCUT2D eigenvalue weighted by molar-refractivity contribution is -0.132. The van der Waals surface area contributed by atoms with E-state index in [2.05, 4.69) is 0 Å². The van der Waals surface area contributed by atoms with Gasteiger partial charge in [0.25, 0.3) is 5.78 Å². The highest BCUT2D eigenvalue weighted by atomic mass is 32.1. The van der Waals surface area contributed by atoms with Gasteiger partial charge in [0.1, 0.15) is 17.6 Å². The summed E-state index contributed by atoms with van der Waals surface area (Å²) >= 11 is 1.34. The topological polar surface area (TPSA) is 98.2 Å². The number of anilines is 1. The number of aryl methyl sites for hydroxylation is 2. The molecule has 2 atom stereocenters. The molecule has 8 nitrogen and oxygen atoms in total. The van der Waals surface area contributed by atoms with Crippen molar-refractivity contribution in [2.24, 2.45) is 0 Å². The summed E-state index contributed by atoms with van der Waals surface area (Å²) < 4.78 is 18.4. The smallest absolute Gasteiger partial charge is 0.301 e. The van der Waals surface area contributed by atoms with Crippen molar-refractivity contribution in [2.75, 3.05) is 18.1 Å². The van der Waals surface area contributed by atoms with Gasteiger partial charge in [-0.25, -0.2) is 4.98 Å². The number of ether oxygens (including phenoxy) is 3. The van der Waals surface area contributed by atoms with Crippen LogP contribution < -0.4 is 19.1 Å². The number of aliphatic hydroxyl groups is 1. The van der Waals surface area contributed by atoms with Crippen LogP contribution in [0.3, 0.4) is 0 Å². The first-order valence-corrected chi connectivity index (χ1v) is 14.9. The van der Waals surface area contributed by atoms with Crippen LogP contribution >= 0.6 is 11.3 Å². The van der Waals surface area contributed by atoms with Gasteiger partial charge < -0.3 is 19.3 Å². The highest BCUT2D eigenvalue weighted by Crippen LogP contribution is 2.46. The number of thiazole rings is 1. The van der Waals surface area contributed by atoms with Crippen molar-refractivity contribution in [3.05, 3.63) is 81.9 Å². The van der Waals surface area contributed by atoms with Gasteiger partial charge >= 0.3 is 5.91 Å². The Morgan fingerprint density at radius 1 is 1.05 bits per heavy atom. The van der Waals surface area contributed by atoms with Crippen molar-refractivity contribution < 1.29 is 28.9 Å². The lowest BCUT2D eigenvalue weighted by Gasteiger charge is -2.24. The second kappa shape index (κ2) is 10.8. The molecular weight excluding hydrogens is 552 g/mol. The van der Waals surface area contributed by atoms with E-state index in [1.807, 2.05) is 52.8 Å². The number of fused-ring (bicyclic) bond motifs is 2. The van der Waals surface area contributed by atoms with Crippen LogP contribution in [0.2, 0.25) is 0 Å². The number of aliphatic hydroxyl groups excluding tert-OH is 1. The van der Waals surface area contributed by atoms with Gasteiger partial charge in [0, 0.05) is 12.0 Å². The van der Waals surface area contributed by atoms with Crippen LogP contribution in [0.4, 0.5) is 5.13 Å². The zero-order chi connectivity index (χ0) is 29.7. The molecule has 1 fully saturated rings. The summed E-state index contributed by atoms with van der Waals surface area (Å²) in [6.07, 6.45) is 0.713. The van der Waals surface area contributed by atoms with E-state index in [9.17, 15) is 14.7 Å². The Kier molecular flexibility index (Phi) is 7.14. The van der Waals surface area contributed by atoms with Crippen LogP contribution in [0.25, 0.3) is 16.0 Å². The Morgan fingerprint density at radius 2 is 1.81 bits per heavy atom. The number of hydrogen-bond donors (Lipinski definition) is 1. The lowest BCUT2D eigenvalue weighted by Crippen LogP contribution is -2.29. The fourth-order valence-electron chi connectivity index (χ4n) is 5.77. The minimum absolute atomic E-state index is 0.00863. The normalized spacial score (nSPS) is 19.3. The molecule has 0 unspecified atom stereocenters. The second-order valence-corrected chi connectivity index (χ2v) is 11.6. The molecule has 0 saturated carbocycles. The number of nitrogens with zero attached hydrogens (tertiary/aromatic N) is 2. The largest absolute Gasteiger partial charge is 0.507 e. The predicted molar refractivity (Wildman–Crippen MR) is 163 cm³/mol. The van der Waals surface area contributed by atoms with E-state index < -0.39 is 17.7 Å². The van der Waals surface area contributed by atoms with E-state index in [4.69, 9.17) is 19.2 Å². The molecule has 216 valence electrons. The zero-order valence-electron chi connectivity index (χ0n) is 24.2. The molecule has 0 bridgehead atoms. The zero-order valence-corrected chi connectivity index (χ0v) is 25.0. The highest BCUT2D eigenvalue weighted by Gasteiger charge is 2.48. The van der Waals surface area contributed by atoms with E-state index in [1.54, 1.807) is 30.3 Å². The maximum atomic E-state index is 13.8. The Bertz CT molecular complexity index is 1770. The molecule has 1 N–H and O–H groups in total. The number of benzene rings is 3. The standard InChI is InChI=1S/C33H32N2O6S/c1-6-39-24-11-8-20(16-25(24)40-7-2)29-27(30(36)21-9-10-23-22(15-21)14-19(5)41-23)31(37)32(38)35(29)33-34-28-18(4)12-17(3)13-26(28)42-33/h8-13,15-16,19,29,36H,6-7,14H2,1-5H3/b30-27+/t19-,29-/m0/s1. The molecule has 42 heavy (non-hydrogen) atoms.